The highest BCUT2D eigenvalue weighted by molar-refractivity contribution is 6.51. The highest BCUT2D eigenvalue weighted by atomic mass is 16.5. The average molecular weight is 489 g/mol. The van der Waals surface area contributed by atoms with E-state index in [4.69, 9.17) is 14.2 Å². The normalized spacial score (nSPS) is 16.7. The van der Waals surface area contributed by atoms with Gasteiger partial charge in [0.15, 0.2) is 11.5 Å². The van der Waals surface area contributed by atoms with Crippen molar-refractivity contribution in [1.82, 2.24) is 0 Å². The Labute approximate surface area is 209 Å². The number of anilines is 2. The molecule has 8 heteroatoms. The number of aliphatic hydroxyl groups is 1. The van der Waals surface area contributed by atoms with Crippen molar-refractivity contribution in [3.63, 3.8) is 0 Å². The van der Waals surface area contributed by atoms with E-state index in [2.05, 4.69) is 0 Å². The van der Waals surface area contributed by atoms with Crippen molar-refractivity contribution >= 4 is 28.8 Å². The second-order valence-corrected chi connectivity index (χ2v) is 8.43. The summed E-state index contributed by atoms with van der Waals surface area (Å²) in [5, 5.41) is 11.3. The summed E-state index contributed by atoms with van der Waals surface area (Å²) in [4.78, 5) is 30.1. The van der Waals surface area contributed by atoms with Crippen LogP contribution in [-0.2, 0) is 9.59 Å². The molecule has 0 spiro atoms. The van der Waals surface area contributed by atoms with Gasteiger partial charge in [-0.3, -0.25) is 14.5 Å². The number of aliphatic hydroxyl groups excluding tert-OH is 1. The molecule has 8 nitrogen and oxygen atoms in total. The van der Waals surface area contributed by atoms with Crippen molar-refractivity contribution in [2.24, 2.45) is 0 Å². The Bertz CT molecular complexity index is 1330. The van der Waals surface area contributed by atoms with E-state index in [1.54, 1.807) is 54.6 Å². The lowest BCUT2D eigenvalue weighted by molar-refractivity contribution is -0.132. The fourth-order valence-electron chi connectivity index (χ4n) is 4.27. The maximum absolute atomic E-state index is 13.4. The smallest absolute Gasteiger partial charge is 0.300 e. The standard InChI is InChI=1S/C28H28N2O6/c1-29(2)19-10-12-20(13-11-19)30-25(17-9-14-22(35-4)23(16-17)36-5)24(27(32)28(30)33)26(31)18-7-6-8-21(15-18)34-3/h6-16,25,31H,1-5H3/b26-24-. The van der Waals surface area contributed by atoms with E-state index in [-0.39, 0.29) is 11.3 Å². The predicted molar refractivity (Wildman–Crippen MR) is 138 cm³/mol. The van der Waals surface area contributed by atoms with Crippen LogP contribution in [0.25, 0.3) is 5.76 Å². The summed E-state index contributed by atoms with van der Waals surface area (Å²) in [5.74, 6) is -0.371. The number of ketones is 1. The highest BCUT2D eigenvalue weighted by Gasteiger charge is 2.47. The number of hydrogen-bond donors (Lipinski definition) is 1. The first-order valence-corrected chi connectivity index (χ1v) is 11.3. The quantitative estimate of drug-likeness (QED) is 0.300. The van der Waals surface area contributed by atoms with Gasteiger partial charge in [-0.15, -0.1) is 0 Å². The summed E-state index contributed by atoms with van der Waals surface area (Å²) >= 11 is 0. The minimum Gasteiger partial charge on any atom is -0.507 e. The van der Waals surface area contributed by atoms with E-state index < -0.39 is 17.7 Å². The second-order valence-electron chi connectivity index (χ2n) is 8.43. The number of hydrogen-bond acceptors (Lipinski definition) is 7. The molecule has 1 saturated heterocycles. The zero-order valence-corrected chi connectivity index (χ0v) is 20.8. The first-order chi connectivity index (χ1) is 17.3. The van der Waals surface area contributed by atoms with Gasteiger partial charge in [0, 0.05) is 31.0 Å². The molecule has 0 bridgehead atoms. The van der Waals surface area contributed by atoms with Gasteiger partial charge < -0.3 is 24.2 Å². The first-order valence-electron chi connectivity index (χ1n) is 11.3. The topological polar surface area (TPSA) is 88.5 Å². The Morgan fingerprint density at radius 1 is 0.861 bits per heavy atom. The van der Waals surface area contributed by atoms with E-state index in [0.717, 1.165) is 5.69 Å². The number of amides is 1. The Morgan fingerprint density at radius 3 is 2.17 bits per heavy atom. The lowest BCUT2D eigenvalue weighted by Gasteiger charge is -2.26. The minimum absolute atomic E-state index is 0.0304. The summed E-state index contributed by atoms with van der Waals surface area (Å²) < 4.78 is 16.1. The van der Waals surface area contributed by atoms with Crippen LogP contribution in [-0.4, -0.2) is 52.2 Å². The molecule has 3 aromatic carbocycles. The summed E-state index contributed by atoms with van der Waals surface area (Å²) in [6.07, 6.45) is 0. The maximum Gasteiger partial charge on any atom is 0.300 e. The molecule has 36 heavy (non-hydrogen) atoms. The van der Waals surface area contributed by atoms with Crippen LogP contribution in [0.2, 0.25) is 0 Å². The number of methoxy groups -OCH3 is 3. The number of Topliss-reactive ketones (excluding diaryl/α,β-unsaturated/α-hetero) is 1. The summed E-state index contributed by atoms with van der Waals surface area (Å²) in [6, 6.07) is 18.2. The lowest BCUT2D eigenvalue weighted by Crippen LogP contribution is -2.29. The van der Waals surface area contributed by atoms with Crippen LogP contribution in [0, 0.1) is 0 Å². The van der Waals surface area contributed by atoms with Gasteiger partial charge in [0.2, 0.25) is 0 Å². The molecule has 1 fully saturated rings. The summed E-state index contributed by atoms with van der Waals surface area (Å²) in [5.41, 5.74) is 2.37. The molecule has 4 rings (SSSR count). The molecule has 0 saturated carbocycles. The monoisotopic (exact) mass is 488 g/mol. The van der Waals surface area contributed by atoms with Gasteiger partial charge >= 0.3 is 0 Å². The van der Waals surface area contributed by atoms with Crippen LogP contribution in [0.1, 0.15) is 17.2 Å². The largest absolute Gasteiger partial charge is 0.507 e. The molecule has 1 amide bonds. The third kappa shape index (κ3) is 4.33. The fourth-order valence-corrected chi connectivity index (χ4v) is 4.27. The molecular weight excluding hydrogens is 460 g/mol. The number of nitrogens with zero attached hydrogens (tertiary/aromatic N) is 2. The lowest BCUT2D eigenvalue weighted by atomic mass is 9.94. The zero-order valence-electron chi connectivity index (χ0n) is 20.8. The minimum atomic E-state index is -0.902. The van der Waals surface area contributed by atoms with Crippen molar-refractivity contribution in [1.29, 1.82) is 0 Å². The number of carbonyl (C=O) groups excluding carboxylic acids is 2. The highest BCUT2D eigenvalue weighted by Crippen LogP contribution is 2.44. The van der Waals surface area contributed by atoms with Crippen molar-refractivity contribution in [2.75, 3.05) is 45.2 Å². The molecule has 1 unspecified atom stereocenters. The van der Waals surface area contributed by atoms with E-state index in [1.807, 2.05) is 31.1 Å². The number of rotatable bonds is 7. The molecule has 186 valence electrons. The van der Waals surface area contributed by atoms with E-state index in [1.165, 1.54) is 26.2 Å². The third-order valence-electron chi connectivity index (χ3n) is 6.16. The Morgan fingerprint density at radius 2 is 1.56 bits per heavy atom. The Hall–Kier alpha value is -4.46. The predicted octanol–water partition coefficient (Wildman–Crippen LogP) is 4.40. The van der Waals surface area contributed by atoms with E-state index in [9.17, 15) is 14.7 Å². The van der Waals surface area contributed by atoms with Gasteiger partial charge in [0.25, 0.3) is 11.7 Å². The number of ether oxygens (including phenoxy) is 3. The van der Waals surface area contributed by atoms with Crippen molar-refractivity contribution in [3.05, 3.63) is 83.4 Å². The molecule has 3 aromatic rings. The fraction of sp³-hybridized carbons (Fsp3) is 0.214. The van der Waals surface area contributed by atoms with Crippen molar-refractivity contribution in [3.8, 4) is 17.2 Å². The van der Waals surface area contributed by atoms with E-state index >= 15 is 0 Å². The first kappa shape index (κ1) is 24.7. The SMILES string of the molecule is COc1cccc(/C(O)=C2/C(=O)C(=O)N(c3ccc(N(C)C)cc3)C2c2ccc(OC)c(OC)c2)c1. The molecule has 1 aliphatic heterocycles. The van der Waals surface area contributed by atoms with Crippen LogP contribution in [0.15, 0.2) is 72.3 Å². The second kappa shape index (κ2) is 10.0. The van der Waals surface area contributed by atoms with Gasteiger partial charge in [-0.2, -0.15) is 0 Å². The molecule has 0 aromatic heterocycles. The van der Waals surface area contributed by atoms with E-state index in [0.29, 0.717) is 34.1 Å². The summed E-state index contributed by atoms with van der Waals surface area (Å²) in [6.45, 7) is 0. The summed E-state index contributed by atoms with van der Waals surface area (Å²) in [7, 11) is 8.38. The molecule has 0 radical (unpaired) electrons. The maximum atomic E-state index is 13.4. The number of carbonyl (C=O) groups is 2. The van der Waals surface area contributed by atoms with Crippen LogP contribution >= 0.6 is 0 Å². The molecule has 1 heterocycles. The number of benzene rings is 3. The molecule has 1 N–H and O–H groups in total. The average Bonchev–Trinajstić information content (AvgIpc) is 3.17. The Balaban J connectivity index is 1.94. The third-order valence-corrected chi connectivity index (χ3v) is 6.16. The van der Waals surface area contributed by atoms with Crippen LogP contribution < -0.4 is 24.0 Å². The van der Waals surface area contributed by atoms with Gasteiger partial charge in [0.05, 0.1) is 32.9 Å². The van der Waals surface area contributed by atoms with Gasteiger partial charge in [-0.05, 0) is 54.1 Å². The van der Waals surface area contributed by atoms with Gasteiger partial charge in [-0.25, -0.2) is 0 Å². The van der Waals surface area contributed by atoms with Crippen LogP contribution in [0.3, 0.4) is 0 Å². The molecule has 1 atom stereocenters. The Kier molecular flexibility index (Phi) is 6.87. The zero-order chi connectivity index (χ0) is 26.0. The van der Waals surface area contributed by atoms with Crippen molar-refractivity contribution < 1.29 is 28.9 Å². The molecule has 0 aliphatic carbocycles. The van der Waals surface area contributed by atoms with Crippen molar-refractivity contribution in [2.45, 2.75) is 6.04 Å². The van der Waals surface area contributed by atoms with Gasteiger partial charge in [0.1, 0.15) is 11.5 Å². The molecule has 1 aliphatic rings. The molecular formula is C28H28N2O6. The van der Waals surface area contributed by atoms with Gasteiger partial charge in [-0.1, -0.05) is 18.2 Å². The van der Waals surface area contributed by atoms with Crippen LogP contribution in [0.5, 0.6) is 17.2 Å². The van der Waals surface area contributed by atoms with Crippen LogP contribution in [0.4, 0.5) is 11.4 Å².